The lowest BCUT2D eigenvalue weighted by Gasteiger charge is -2.09. The fourth-order valence-corrected chi connectivity index (χ4v) is 3.02. The third-order valence-electron chi connectivity index (χ3n) is 4.56. The third kappa shape index (κ3) is 3.21. The molecule has 118 valence electrons. The number of nitrogens with one attached hydrogen (secondary N) is 1. The van der Waals surface area contributed by atoms with Gasteiger partial charge in [0.15, 0.2) is 0 Å². The van der Waals surface area contributed by atoms with E-state index in [1.54, 1.807) is 0 Å². The molecular weight excluding hydrogens is 288 g/mol. The minimum Gasteiger partial charge on any atom is -0.382 e. The molecule has 1 atom stereocenters. The molecule has 1 aliphatic heterocycles. The van der Waals surface area contributed by atoms with Gasteiger partial charge in [-0.1, -0.05) is 47.6 Å². The maximum atomic E-state index is 12.1. The largest absolute Gasteiger partial charge is 0.382 e. The van der Waals surface area contributed by atoms with Crippen LogP contribution in [0.4, 0.5) is 0 Å². The van der Waals surface area contributed by atoms with E-state index in [4.69, 9.17) is 4.84 Å². The van der Waals surface area contributed by atoms with Crippen LogP contribution in [-0.4, -0.2) is 24.3 Å². The van der Waals surface area contributed by atoms with E-state index >= 15 is 0 Å². The lowest BCUT2D eigenvalue weighted by molar-refractivity contribution is -0.131. The first kappa shape index (κ1) is 14.2. The standard InChI is InChI=1S/C19H20N2O2/c22-19(20-12-13-8-9-13)18-11-16(21-23-18)10-15-6-3-5-14-4-1-2-7-17(14)15/h1-7,13,18H,8-12H2,(H,20,22)/t18-/m1/s1. The fourth-order valence-electron chi connectivity index (χ4n) is 3.02. The summed E-state index contributed by atoms with van der Waals surface area (Å²) in [5.74, 6) is 0.644. The molecule has 4 rings (SSSR count). The van der Waals surface area contributed by atoms with Crippen molar-refractivity contribution in [3.8, 4) is 0 Å². The number of amides is 1. The molecule has 1 amide bonds. The van der Waals surface area contributed by atoms with Gasteiger partial charge in [0.05, 0.1) is 5.71 Å². The van der Waals surface area contributed by atoms with Gasteiger partial charge in [0.25, 0.3) is 5.91 Å². The molecule has 0 radical (unpaired) electrons. The van der Waals surface area contributed by atoms with Crippen molar-refractivity contribution in [1.29, 1.82) is 0 Å². The lowest BCUT2D eigenvalue weighted by atomic mass is 9.98. The number of benzene rings is 2. The average molecular weight is 308 g/mol. The van der Waals surface area contributed by atoms with Gasteiger partial charge in [-0.05, 0) is 35.1 Å². The van der Waals surface area contributed by atoms with Crippen LogP contribution in [0.1, 0.15) is 24.8 Å². The number of hydrogen-bond acceptors (Lipinski definition) is 3. The van der Waals surface area contributed by atoms with Crippen LogP contribution in [0.5, 0.6) is 0 Å². The number of oxime groups is 1. The van der Waals surface area contributed by atoms with Crippen LogP contribution in [0.2, 0.25) is 0 Å². The van der Waals surface area contributed by atoms with Crippen molar-refractivity contribution in [2.45, 2.75) is 31.8 Å². The highest BCUT2D eigenvalue weighted by molar-refractivity contribution is 5.96. The summed E-state index contributed by atoms with van der Waals surface area (Å²) in [6, 6.07) is 14.6. The van der Waals surface area contributed by atoms with Gasteiger partial charge < -0.3 is 10.2 Å². The number of nitrogens with zero attached hydrogens (tertiary/aromatic N) is 1. The smallest absolute Gasteiger partial charge is 0.264 e. The molecule has 23 heavy (non-hydrogen) atoms. The number of fused-ring (bicyclic) bond motifs is 1. The molecule has 0 saturated heterocycles. The van der Waals surface area contributed by atoms with Gasteiger partial charge in [-0.3, -0.25) is 4.79 Å². The monoisotopic (exact) mass is 308 g/mol. The predicted octanol–water partition coefficient (Wildman–Crippen LogP) is 3.05. The van der Waals surface area contributed by atoms with Crippen LogP contribution in [0.15, 0.2) is 47.6 Å². The summed E-state index contributed by atoms with van der Waals surface area (Å²) in [5.41, 5.74) is 2.16. The molecule has 1 saturated carbocycles. The molecule has 1 heterocycles. The Hall–Kier alpha value is -2.36. The maximum Gasteiger partial charge on any atom is 0.264 e. The molecule has 4 nitrogen and oxygen atoms in total. The minimum absolute atomic E-state index is 0.0337. The number of carbonyl (C=O) groups is 1. The normalized spacial score (nSPS) is 20.2. The molecule has 1 fully saturated rings. The van der Waals surface area contributed by atoms with E-state index in [0.29, 0.717) is 12.3 Å². The van der Waals surface area contributed by atoms with E-state index in [-0.39, 0.29) is 5.91 Å². The Morgan fingerprint density at radius 3 is 2.87 bits per heavy atom. The second-order valence-corrected chi connectivity index (χ2v) is 6.46. The van der Waals surface area contributed by atoms with Gasteiger partial charge in [-0.15, -0.1) is 0 Å². The predicted molar refractivity (Wildman–Crippen MR) is 90.3 cm³/mol. The first-order valence-electron chi connectivity index (χ1n) is 8.25. The van der Waals surface area contributed by atoms with Crippen molar-refractivity contribution in [2.75, 3.05) is 6.54 Å². The highest BCUT2D eigenvalue weighted by Gasteiger charge is 2.30. The Bertz CT molecular complexity index is 760. The molecule has 1 aliphatic carbocycles. The van der Waals surface area contributed by atoms with Gasteiger partial charge in [-0.2, -0.15) is 0 Å². The zero-order chi connectivity index (χ0) is 15.6. The van der Waals surface area contributed by atoms with Gasteiger partial charge in [0.2, 0.25) is 6.10 Å². The molecule has 1 N–H and O–H groups in total. The molecule has 0 unspecified atom stereocenters. The molecule has 0 spiro atoms. The Morgan fingerprint density at radius 1 is 1.17 bits per heavy atom. The van der Waals surface area contributed by atoms with E-state index in [1.807, 2.05) is 12.1 Å². The topological polar surface area (TPSA) is 50.7 Å². The highest BCUT2D eigenvalue weighted by atomic mass is 16.6. The van der Waals surface area contributed by atoms with Gasteiger partial charge >= 0.3 is 0 Å². The molecule has 4 heteroatoms. The zero-order valence-corrected chi connectivity index (χ0v) is 13.0. The summed E-state index contributed by atoms with van der Waals surface area (Å²) >= 11 is 0. The van der Waals surface area contributed by atoms with Crippen LogP contribution in [0, 0.1) is 5.92 Å². The first-order valence-corrected chi connectivity index (χ1v) is 8.25. The Labute approximate surface area is 135 Å². The van der Waals surface area contributed by atoms with Crippen LogP contribution in [0.25, 0.3) is 10.8 Å². The third-order valence-corrected chi connectivity index (χ3v) is 4.56. The Kier molecular flexibility index (Phi) is 3.74. The van der Waals surface area contributed by atoms with Crippen molar-refractivity contribution < 1.29 is 9.63 Å². The summed E-state index contributed by atoms with van der Waals surface area (Å²) < 4.78 is 0. The molecule has 2 aromatic rings. The number of rotatable bonds is 5. The number of hydrogen-bond donors (Lipinski definition) is 1. The second kappa shape index (κ2) is 6.03. The lowest BCUT2D eigenvalue weighted by Crippen LogP contribution is -2.36. The van der Waals surface area contributed by atoms with Crippen molar-refractivity contribution in [1.82, 2.24) is 5.32 Å². The zero-order valence-electron chi connectivity index (χ0n) is 13.0. The summed E-state index contributed by atoms with van der Waals surface area (Å²) in [5, 5.41) is 9.56. The number of carbonyl (C=O) groups excluding carboxylic acids is 1. The quantitative estimate of drug-likeness (QED) is 0.923. The van der Waals surface area contributed by atoms with Gasteiger partial charge in [-0.25, -0.2) is 0 Å². The first-order chi connectivity index (χ1) is 11.3. The Balaban J connectivity index is 1.40. The van der Waals surface area contributed by atoms with Crippen molar-refractivity contribution in [2.24, 2.45) is 11.1 Å². The molecule has 0 bridgehead atoms. The highest BCUT2D eigenvalue weighted by Crippen LogP contribution is 2.28. The molecular formula is C19H20N2O2. The van der Waals surface area contributed by atoms with Crippen LogP contribution in [-0.2, 0) is 16.1 Å². The molecule has 0 aromatic heterocycles. The Morgan fingerprint density at radius 2 is 2.00 bits per heavy atom. The minimum atomic E-state index is -0.460. The fraction of sp³-hybridized carbons (Fsp3) is 0.368. The summed E-state index contributed by atoms with van der Waals surface area (Å²) in [6.07, 6.45) is 3.32. The second-order valence-electron chi connectivity index (χ2n) is 6.46. The van der Waals surface area contributed by atoms with Crippen LogP contribution in [0.3, 0.4) is 0 Å². The van der Waals surface area contributed by atoms with E-state index in [1.165, 1.54) is 29.2 Å². The average Bonchev–Trinajstić information content (AvgIpc) is 3.30. The van der Waals surface area contributed by atoms with E-state index < -0.39 is 6.10 Å². The van der Waals surface area contributed by atoms with Gasteiger partial charge in [0, 0.05) is 19.4 Å². The van der Waals surface area contributed by atoms with Crippen molar-refractivity contribution in [3.63, 3.8) is 0 Å². The molecule has 2 aliphatic rings. The SMILES string of the molecule is O=C(NCC1CC1)[C@H]1CC(Cc2cccc3ccccc23)=NO1. The summed E-state index contributed by atoms with van der Waals surface area (Å²) in [7, 11) is 0. The summed E-state index contributed by atoms with van der Waals surface area (Å²) in [6.45, 7) is 0.775. The van der Waals surface area contributed by atoms with Crippen molar-refractivity contribution in [3.05, 3.63) is 48.0 Å². The van der Waals surface area contributed by atoms with Crippen molar-refractivity contribution >= 4 is 22.4 Å². The summed E-state index contributed by atoms with van der Waals surface area (Å²) in [4.78, 5) is 17.4. The van der Waals surface area contributed by atoms with E-state index in [2.05, 4.69) is 40.8 Å². The van der Waals surface area contributed by atoms with Crippen LogP contribution >= 0.6 is 0 Å². The van der Waals surface area contributed by atoms with Crippen LogP contribution < -0.4 is 5.32 Å². The van der Waals surface area contributed by atoms with E-state index in [0.717, 1.165) is 18.7 Å². The molecule has 2 aromatic carbocycles. The van der Waals surface area contributed by atoms with Gasteiger partial charge in [0.1, 0.15) is 0 Å². The maximum absolute atomic E-state index is 12.1. The van der Waals surface area contributed by atoms with E-state index in [9.17, 15) is 4.79 Å².